The molecule has 0 aliphatic carbocycles. The van der Waals surface area contributed by atoms with Crippen LogP contribution in [0.1, 0.15) is 78.1 Å². The first kappa shape index (κ1) is 23.2. The van der Waals surface area contributed by atoms with Crippen molar-refractivity contribution in [1.29, 1.82) is 0 Å². The molecule has 0 amide bonds. The van der Waals surface area contributed by atoms with Gasteiger partial charge in [0, 0.05) is 19.6 Å². The summed E-state index contributed by atoms with van der Waals surface area (Å²) in [5.74, 6) is 0.982. The van der Waals surface area contributed by atoms with Gasteiger partial charge in [0.15, 0.2) is 5.96 Å². The molecule has 0 aromatic carbocycles. The SMILES string of the molecule is CC(C)CCCCCCC1(O)C=CC2N(CCCCCN=C(N)N)CCCN21. The molecule has 0 aromatic rings. The van der Waals surface area contributed by atoms with E-state index in [4.69, 9.17) is 11.5 Å². The minimum absolute atomic E-state index is 0.182. The summed E-state index contributed by atoms with van der Waals surface area (Å²) in [5.41, 5.74) is 9.98. The standard InChI is InChI=1S/C22H43N5O/c1-19(2)11-6-3-4-7-13-22(28)14-12-20-26(17-10-18-27(20)22)16-9-5-8-15-25-21(23)24/h12,14,19-20,28H,3-11,13,15-18H2,1-2H3,(H4,23,24,25). The van der Waals surface area contributed by atoms with Crippen molar-refractivity contribution in [2.24, 2.45) is 22.4 Å². The second kappa shape index (κ2) is 11.8. The highest BCUT2D eigenvalue weighted by atomic mass is 16.3. The summed E-state index contributed by atoms with van der Waals surface area (Å²) >= 11 is 0. The lowest BCUT2D eigenvalue weighted by Crippen LogP contribution is -2.58. The average Bonchev–Trinajstić information content (AvgIpc) is 2.98. The Bertz CT molecular complexity index is 503. The number of fused-ring (bicyclic) bond motifs is 1. The van der Waals surface area contributed by atoms with Crippen LogP contribution < -0.4 is 11.5 Å². The number of hydrogen-bond donors (Lipinski definition) is 3. The summed E-state index contributed by atoms with van der Waals surface area (Å²) in [5, 5.41) is 11.2. The van der Waals surface area contributed by atoms with Gasteiger partial charge < -0.3 is 16.6 Å². The summed E-state index contributed by atoms with van der Waals surface area (Å²) in [4.78, 5) is 8.87. The highest BCUT2D eigenvalue weighted by molar-refractivity contribution is 5.75. The number of hydrogen-bond acceptors (Lipinski definition) is 4. The van der Waals surface area contributed by atoms with Gasteiger partial charge in [-0.25, -0.2) is 0 Å². The molecule has 2 rings (SSSR count). The minimum Gasteiger partial charge on any atom is -0.372 e. The molecule has 28 heavy (non-hydrogen) atoms. The fraction of sp³-hybridized carbons (Fsp3) is 0.864. The normalized spacial score (nSPS) is 25.4. The zero-order valence-electron chi connectivity index (χ0n) is 18.2. The van der Waals surface area contributed by atoms with Crippen LogP contribution in [-0.2, 0) is 0 Å². The maximum atomic E-state index is 11.2. The molecule has 2 aliphatic rings. The van der Waals surface area contributed by atoms with Crippen LogP contribution in [0.15, 0.2) is 17.1 Å². The first-order valence-electron chi connectivity index (χ1n) is 11.4. The van der Waals surface area contributed by atoms with Gasteiger partial charge in [-0.2, -0.15) is 0 Å². The molecular weight excluding hydrogens is 350 g/mol. The second-order valence-electron chi connectivity index (χ2n) is 8.95. The molecule has 2 heterocycles. The summed E-state index contributed by atoms with van der Waals surface area (Å²) in [6, 6.07) is 0. The van der Waals surface area contributed by atoms with E-state index >= 15 is 0 Å². The molecule has 1 saturated heterocycles. The van der Waals surface area contributed by atoms with Crippen LogP contribution >= 0.6 is 0 Å². The average molecular weight is 394 g/mol. The Kier molecular flexibility index (Phi) is 9.75. The molecule has 162 valence electrons. The quantitative estimate of drug-likeness (QED) is 0.194. The van der Waals surface area contributed by atoms with Crippen molar-refractivity contribution in [2.45, 2.75) is 89.9 Å². The van der Waals surface area contributed by atoms with Gasteiger partial charge in [-0.05, 0) is 50.6 Å². The Morgan fingerprint density at radius 3 is 2.61 bits per heavy atom. The van der Waals surface area contributed by atoms with Crippen LogP contribution in [0.5, 0.6) is 0 Å². The molecule has 0 aromatic heterocycles. The van der Waals surface area contributed by atoms with Crippen LogP contribution in [0, 0.1) is 5.92 Å². The summed E-state index contributed by atoms with van der Waals surface area (Å²) < 4.78 is 0. The van der Waals surface area contributed by atoms with Crippen molar-refractivity contribution in [3.8, 4) is 0 Å². The molecule has 2 unspecified atom stereocenters. The molecular formula is C22H43N5O. The van der Waals surface area contributed by atoms with Crippen molar-refractivity contribution in [3.63, 3.8) is 0 Å². The van der Waals surface area contributed by atoms with Crippen LogP contribution in [0.4, 0.5) is 0 Å². The summed E-state index contributed by atoms with van der Waals surface area (Å²) in [6.45, 7) is 8.47. The van der Waals surface area contributed by atoms with E-state index in [9.17, 15) is 5.11 Å². The lowest BCUT2D eigenvalue weighted by atomic mass is 10.0. The van der Waals surface area contributed by atoms with Crippen molar-refractivity contribution in [3.05, 3.63) is 12.2 Å². The maximum Gasteiger partial charge on any atom is 0.185 e. The first-order valence-corrected chi connectivity index (χ1v) is 11.4. The molecule has 0 radical (unpaired) electrons. The van der Waals surface area contributed by atoms with E-state index < -0.39 is 5.72 Å². The lowest BCUT2D eigenvalue weighted by Gasteiger charge is -2.45. The number of aliphatic hydroxyl groups is 1. The number of unbranched alkanes of at least 4 members (excludes halogenated alkanes) is 5. The van der Waals surface area contributed by atoms with Gasteiger partial charge in [0.2, 0.25) is 0 Å². The zero-order chi connectivity index (χ0) is 20.4. The third-order valence-electron chi connectivity index (χ3n) is 6.04. The highest BCUT2D eigenvalue weighted by Gasteiger charge is 2.43. The number of rotatable bonds is 13. The molecule has 1 fully saturated rings. The van der Waals surface area contributed by atoms with E-state index in [0.717, 1.165) is 64.1 Å². The maximum absolute atomic E-state index is 11.2. The molecule has 0 spiro atoms. The monoisotopic (exact) mass is 393 g/mol. The Hall–Kier alpha value is -1.11. The molecule has 2 aliphatic heterocycles. The van der Waals surface area contributed by atoms with Gasteiger partial charge in [-0.15, -0.1) is 0 Å². The molecule has 0 saturated carbocycles. The highest BCUT2D eigenvalue weighted by Crippen LogP contribution is 2.34. The number of nitrogens with two attached hydrogens (primary N) is 2. The molecule has 6 nitrogen and oxygen atoms in total. The third-order valence-corrected chi connectivity index (χ3v) is 6.04. The van der Waals surface area contributed by atoms with Crippen LogP contribution in [0.3, 0.4) is 0 Å². The minimum atomic E-state index is -0.741. The largest absolute Gasteiger partial charge is 0.372 e. The van der Waals surface area contributed by atoms with E-state index in [2.05, 4.69) is 40.8 Å². The topological polar surface area (TPSA) is 91.1 Å². The van der Waals surface area contributed by atoms with Crippen molar-refractivity contribution < 1.29 is 5.11 Å². The summed E-state index contributed by atoms with van der Waals surface area (Å²) in [7, 11) is 0. The predicted molar refractivity (Wildman–Crippen MR) is 118 cm³/mol. The van der Waals surface area contributed by atoms with Crippen molar-refractivity contribution in [2.75, 3.05) is 26.2 Å². The van der Waals surface area contributed by atoms with Crippen LogP contribution in [-0.4, -0.2) is 58.9 Å². The van der Waals surface area contributed by atoms with Gasteiger partial charge in [0.1, 0.15) is 5.72 Å². The van der Waals surface area contributed by atoms with E-state index in [1.165, 1.54) is 25.7 Å². The van der Waals surface area contributed by atoms with Crippen molar-refractivity contribution >= 4 is 5.96 Å². The Labute approximate surface area is 172 Å². The number of guanidine groups is 1. The lowest BCUT2D eigenvalue weighted by molar-refractivity contribution is -0.122. The Morgan fingerprint density at radius 2 is 1.86 bits per heavy atom. The van der Waals surface area contributed by atoms with E-state index in [1.54, 1.807) is 0 Å². The van der Waals surface area contributed by atoms with E-state index in [1.807, 2.05) is 0 Å². The fourth-order valence-corrected chi connectivity index (χ4v) is 4.46. The van der Waals surface area contributed by atoms with E-state index in [-0.39, 0.29) is 12.1 Å². The van der Waals surface area contributed by atoms with Crippen LogP contribution in [0.2, 0.25) is 0 Å². The third kappa shape index (κ3) is 7.37. The van der Waals surface area contributed by atoms with Gasteiger partial charge >= 0.3 is 0 Å². The molecule has 0 bridgehead atoms. The molecule has 5 N–H and O–H groups in total. The summed E-state index contributed by atoms with van der Waals surface area (Å²) in [6.07, 6.45) is 16.1. The molecule has 2 atom stereocenters. The number of aliphatic imine (C=N–C) groups is 1. The zero-order valence-corrected chi connectivity index (χ0v) is 18.2. The van der Waals surface area contributed by atoms with E-state index in [0.29, 0.717) is 6.54 Å². The Morgan fingerprint density at radius 1 is 1.11 bits per heavy atom. The van der Waals surface area contributed by atoms with Gasteiger partial charge in [-0.3, -0.25) is 14.8 Å². The second-order valence-corrected chi connectivity index (χ2v) is 8.95. The van der Waals surface area contributed by atoms with Gasteiger partial charge in [-0.1, -0.05) is 52.0 Å². The van der Waals surface area contributed by atoms with Gasteiger partial charge in [0.25, 0.3) is 0 Å². The Balaban J connectivity index is 1.69. The predicted octanol–water partition coefficient (Wildman–Crippen LogP) is 3.02. The van der Waals surface area contributed by atoms with Crippen molar-refractivity contribution in [1.82, 2.24) is 9.80 Å². The number of nitrogens with zero attached hydrogens (tertiary/aromatic N) is 3. The smallest absolute Gasteiger partial charge is 0.185 e. The molecule has 6 heteroatoms. The fourth-order valence-electron chi connectivity index (χ4n) is 4.46. The first-order chi connectivity index (χ1) is 13.4. The van der Waals surface area contributed by atoms with Gasteiger partial charge in [0.05, 0.1) is 6.17 Å². The van der Waals surface area contributed by atoms with Crippen LogP contribution in [0.25, 0.3) is 0 Å².